The number of hydrogen-bond donors (Lipinski definition) is 8. The number of nitrogens with one attached hydrogen (secondary N) is 3. The standard InChI is InChI=1S/C23H35N7O7/c24-9-5-4-8-15(23(36)37)28-21(34)16(10-13-6-2-1-3-7-13)30-22(35)17(12-19(27)32)29-20(33)14(25)11-18(26)31/h1-3,6-7,14-17H,4-5,8-12,24-25H2,(H2,26,31)(H2,27,32)(H,28,34)(H,29,33)(H,30,35)(H,36,37). The van der Waals surface area contributed by atoms with Gasteiger partial charge >= 0.3 is 5.97 Å². The van der Waals surface area contributed by atoms with Crippen LogP contribution in [0.25, 0.3) is 0 Å². The zero-order valence-corrected chi connectivity index (χ0v) is 20.4. The lowest BCUT2D eigenvalue weighted by Gasteiger charge is -2.25. The fourth-order valence-corrected chi connectivity index (χ4v) is 3.35. The van der Waals surface area contributed by atoms with Crippen molar-refractivity contribution in [1.29, 1.82) is 0 Å². The van der Waals surface area contributed by atoms with Gasteiger partial charge in [-0.05, 0) is 31.4 Å². The van der Waals surface area contributed by atoms with Crippen LogP contribution in [0.15, 0.2) is 30.3 Å². The van der Waals surface area contributed by atoms with Gasteiger partial charge in [0.05, 0.1) is 18.9 Å². The average Bonchev–Trinajstić information content (AvgIpc) is 2.82. The van der Waals surface area contributed by atoms with E-state index in [1.54, 1.807) is 30.3 Å². The van der Waals surface area contributed by atoms with Gasteiger partial charge in [0.15, 0.2) is 0 Å². The van der Waals surface area contributed by atoms with Gasteiger partial charge in [-0.25, -0.2) is 4.79 Å². The maximum Gasteiger partial charge on any atom is 0.326 e. The topological polar surface area (TPSA) is 263 Å². The van der Waals surface area contributed by atoms with Crippen molar-refractivity contribution in [2.45, 2.75) is 62.7 Å². The Kier molecular flexibility index (Phi) is 13.3. The second-order valence-corrected chi connectivity index (χ2v) is 8.44. The monoisotopic (exact) mass is 521 g/mol. The van der Waals surface area contributed by atoms with Gasteiger partial charge in [0.25, 0.3) is 0 Å². The highest BCUT2D eigenvalue weighted by Crippen LogP contribution is 2.07. The summed E-state index contributed by atoms with van der Waals surface area (Å²) in [6.45, 7) is 0.364. The van der Waals surface area contributed by atoms with E-state index in [1.165, 1.54) is 0 Å². The van der Waals surface area contributed by atoms with Crippen LogP contribution in [-0.2, 0) is 35.2 Å². The first kappa shape index (κ1) is 31.0. The molecule has 12 N–H and O–H groups in total. The lowest BCUT2D eigenvalue weighted by atomic mass is 10.0. The molecule has 0 aliphatic carbocycles. The molecule has 14 nitrogen and oxygen atoms in total. The molecular weight excluding hydrogens is 486 g/mol. The molecule has 1 rings (SSSR count). The van der Waals surface area contributed by atoms with Crippen molar-refractivity contribution < 1.29 is 33.9 Å². The number of primary amides is 2. The zero-order chi connectivity index (χ0) is 28.0. The van der Waals surface area contributed by atoms with Gasteiger partial charge in [-0.3, -0.25) is 24.0 Å². The van der Waals surface area contributed by atoms with Crippen molar-refractivity contribution in [3.05, 3.63) is 35.9 Å². The molecule has 1 aromatic rings. The molecule has 37 heavy (non-hydrogen) atoms. The van der Waals surface area contributed by atoms with Crippen LogP contribution in [0.2, 0.25) is 0 Å². The molecule has 14 heteroatoms. The van der Waals surface area contributed by atoms with E-state index >= 15 is 0 Å². The van der Waals surface area contributed by atoms with E-state index in [0.717, 1.165) is 0 Å². The van der Waals surface area contributed by atoms with E-state index in [1.807, 2.05) is 0 Å². The molecule has 0 radical (unpaired) electrons. The summed E-state index contributed by atoms with van der Waals surface area (Å²) in [5.41, 5.74) is 21.9. The quantitative estimate of drug-likeness (QED) is 0.0968. The van der Waals surface area contributed by atoms with E-state index in [9.17, 15) is 33.9 Å². The first-order valence-electron chi connectivity index (χ1n) is 11.6. The predicted octanol–water partition coefficient (Wildman–Crippen LogP) is -3.02. The highest BCUT2D eigenvalue weighted by molar-refractivity contribution is 5.97. The van der Waals surface area contributed by atoms with E-state index in [-0.39, 0.29) is 12.8 Å². The number of carboxylic acid groups (broad SMARTS) is 1. The highest BCUT2D eigenvalue weighted by atomic mass is 16.4. The molecule has 0 fully saturated rings. The van der Waals surface area contributed by atoms with Gasteiger partial charge in [-0.15, -0.1) is 0 Å². The second kappa shape index (κ2) is 15.9. The van der Waals surface area contributed by atoms with Crippen LogP contribution in [0.4, 0.5) is 0 Å². The molecule has 204 valence electrons. The normalized spacial score (nSPS) is 13.9. The van der Waals surface area contributed by atoms with Crippen molar-refractivity contribution >= 4 is 35.5 Å². The molecule has 0 spiro atoms. The van der Waals surface area contributed by atoms with Crippen LogP contribution >= 0.6 is 0 Å². The van der Waals surface area contributed by atoms with Gasteiger partial charge in [0, 0.05) is 6.42 Å². The highest BCUT2D eigenvalue weighted by Gasteiger charge is 2.31. The third kappa shape index (κ3) is 12.0. The van der Waals surface area contributed by atoms with Crippen LogP contribution in [0.3, 0.4) is 0 Å². The lowest BCUT2D eigenvalue weighted by molar-refractivity contribution is -0.142. The van der Waals surface area contributed by atoms with Gasteiger partial charge in [-0.2, -0.15) is 0 Å². The molecule has 0 saturated carbocycles. The van der Waals surface area contributed by atoms with Crippen LogP contribution in [0, 0.1) is 0 Å². The minimum Gasteiger partial charge on any atom is -0.480 e. The minimum atomic E-state index is -1.52. The molecule has 1 aromatic carbocycles. The molecule has 0 bridgehead atoms. The number of aliphatic carboxylic acids is 1. The molecule has 0 aromatic heterocycles. The summed E-state index contributed by atoms with van der Waals surface area (Å²) in [7, 11) is 0. The molecule has 0 aliphatic rings. The summed E-state index contributed by atoms with van der Waals surface area (Å²) in [4.78, 5) is 72.6. The third-order valence-electron chi connectivity index (χ3n) is 5.27. The molecule has 4 atom stereocenters. The van der Waals surface area contributed by atoms with Crippen molar-refractivity contribution in [2.75, 3.05) is 6.54 Å². The van der Waals surface area contributed by atoms with Crippen LogP contribution in [-0.4, -0.2) is 71.3 Å². The number of hydrogen-bond acceptors (Lipinski definition) is 8. The van der Waals surface area contributed by atoms with E-state index in [0.29, 0.717) is 24.9 Å². The molecule has 4 unspecified atom stereocenters. The zero-order valence-electron chi connectivity index (χ0n) is 20.4. The fourth-order valence-electron chi connectivity index (χ4n) is 3.35. The van der Waals surface area contributed by atoms with E-state index in [4.69, 9.17) is 22.9 Å². The number of rotatable bonds is 17. The summed E-state index contributed by atoms with van der Waals surface area (Å²) in [6, 6.07) is 3.21. The minimum absolute atomic E-state index is 0.0218. The number of carboxylic acids is 1. The second-order valence-electron chi connectivity index (χ2n) is 8.44. The van der Waals surface area contributed by atoms with Gasteiger partial charge < -0.3 is 44.0 Å². The van der Waals surface area contributed by atoms with Crippen LogP contribution in [0.1, 0.15) is 37.7 Å². The molecule has 5 amide bonds. The summed E-state index contributed by atoms with van der Waals surface area (Å²) >= 11 is 0. The molecule has 0 saturated heterocycles. The summed E-state index contributed by atoms with van der Waals surface area (Å²) in [5.74, 6) is -5.69. The SMILES string of the molecule is NCCCCC(NC(=O)C(Cc1ccccc1)NC(=O)C(CC(N)=O)NC(=O)C(N)CC(N)=O)C(=O)O. The molecule has 0 heterocycles. The maximum atomic E-state index is 13.1. The Bertz CT molecular complexity index is 958. The van der Waals surface area contributed by atoms with Crippen molar-refractivity contribution in [1.82, 2.24) is 16.0 Å². The van der Waals surface area contributed by atoms with Crippen LogP contribution in [0.5, 0.6) is 0 Å². The first-order valence-corrected chi connectivity index (χ1v) is 11.6. The Morgan fingerprint density at radius 3 is 1.84 bits per heavy atom. The third-order valence-corrected chi connectivity index (χ3v) is 5.27. The van der Waals surface area contributed by atoms with Gasteiger partial charge in [0.1, 0.15) is 18.1 Å². The number of benzene rings is 1. The van der Waals surface area contributed by atoms with Crippen molar-refractivity contribution in [3.8, 4) is 0 Å². The summed E-state index contributed by atoms with van der Waals surface area (Å²) in [5, 5.41) is 16.6. The van der Waals surface area contributed by atoms with E-state index in [2.05, 4.69) is 16.0 Å². The number of unbranched alkanes of at least 4 members (excludes halogenated alkanes) is 1. The van der Waals surface area contributed by atoms with Crippen molar-refractivity contribution in [3.63, 3.8) is 0 Å². The Labute approximate surface area is 213 Å². The van der Waals surface area contributed by atoms with Crippen molar-refractivity contribution in [2.24, 2.45) is 22.9 Å². The number of nitrogens with two attached hydrogens (primary N) is 4. The van der Waals surface area contributed by atoms with Gasteiger partial charge in [0.2, 0.25) is 29.5 Å². The Hall–Kier alpha value is -4.04. The fraction of sp³-hybridized carbons (Fsp3) is 0.478. The Morgan fingerprint density at radius 1 is 0.757 bits per heavy atom. The predicted molar refractivity (Wildman–Crippen MR) is 132 cm³/mol. The van der Waals surface area contributed by atoms with E-state index < -0.39 is 72.5 Å². The Morgan fingerprint density at radius 2 is 1.30 bits per heavy atom. The first-order chi connectivity index (χ1) is 17.4. The maximum absolute atomic E-state index is 13.1. The summed E-state index contributed by atoms with van der Waals surface area (Å²) in [6.07, 6.45) is 0.000208. The average molecular weight is 522 g/mol. The molecule has 0 aliphatic heterocycles. The lowest BCUT2D eigenvalue weighted by Crippen LogP contribution is -2.58. The number of carbonyl (C=O) groups is 6. The summed E-state index contributed by atoms with van der Waals surface area (Å²) < 4.78 is 0. The van der Waals surface area contributed by atoms with Crippen LogP contribution < -0.4 is 38.9 Å². The number of carbonyl (C=O) groups excluding carboxylic acids is 5. The molecular formula is C23H35N7O7. The number of amides is 5. The largest absolute Gasteiger partial charge is 0.480 e. The Balaban J connectivity index is 3.10. The smallest absolute Gasteiger partial charge is 0.326 e. The van der Waals surface area contributed by atoms with Gasteiger partial charge in [-0.1, -0.05) is 30.3 Å².